The largest absolute Gasteiger partial charge is 0.329 e. The molecule has 1 aromatic rings. The van der Waals surface area contributed by atoms with Crippen LogP contribution in [0.3, 0.4) is 0 Å². The average molecular weight is 337 g/mol. The van der Waals surface area contributed by atoms with Crippen molar-refractivity contribution in [2.45, 2.75) is 44.0 Å². The Kier molecular flexibility index (Phi) is 5.42. The zero-order chi connectivity index (χ0) is 15.1. The molecule has 4 nitrogen and oxygen atoms in total. The molecule has 120 valence electrons. The maximum atomic E-state index is 13.3. The normalized spacial score (nSPS) is 18.0. The Hall–Kier alpha value is -0.690. The number of aryl methyl sites for hydroxylation is 2. The van der Waals surface area contributed by atoms with Crippen molar-refractivity contribution >= 4 is 22.4 Å². The Morgan fingerprint density at radius 1 is 1.33 bits per heavy atom. The van der Waals surface area contributed by atoms with Crippen LogP contribution in [0.1, 0.15) is 30.9 Å². The lowest BCUT2D eigenvalue weighted by Crippen LogP contribution is -2.53. The molecule has 0 bridgehead atoms. The van der Waals surface area contributed by atoms with E-state index in [1.807, 2.05) is 6.92 Å². The zero-order valence-electron chi connectivity index (χ0n) is 12.4. The molecule has 0 amide bonds. The predicted octanol–water partition coefficient (Wildman–Crippen LogP) is 2.27. The Morgan fingerprint density at radius 2 is 1.81 bits per heavy atom. The first kappa shape index (κ1) is 18.4. The molecular formula is C14H22ClFN2O2S. The van der Waals surface area contributed by atoms with Gasteiger partial charge in [-0.3, -0.25) is 0 Å². The van der Waals surface area contributed by atoms with Gasteiger partial charge in [-0.05, 0) is 62.8 Å². The van der Waals surface area contributed by atoms with Gasteiger partial charge in [0.15, 0.2) is 0 Å². The number of nitrogens with two attached hydrogens (primary N) is 1. The third-order valence-electron chi connectivity index (χ3n) is 3.96. The molecular weight excluding hydrogens is 315 g/mol. The molecule has 1 unspecified atom stereocenters. The van der Waals surface area contributed by atoms with Gasteiger partial charge >= 0.3 is 0 Å². The standard InChI is InChI=1S/C14H21FN2O2S.ClH/c1-9-6-12(15)7-10(2)13(9)20(18,19)17-14(3,8-16)11-4-5-11;/h6-7,11,17H,4-5,8,16H2,1-3H3;1H. The minimum absolute atomic E-state index is 0. The van der Waals surface area contributed by atoms with E-state index in [9.17, 15) is 12.8 Å². The van der Waals surface area contributed by atoms with Crippen molar-refractivity contribution < 1.29 is 12.8 Å². The number of halogens is 2. The molecule has 1 aliphatic rings. The fourth-order valence-electron chi connectivity index (χ4n) is 2.69. The molecule has 0 aliphatic heterocycles. The third-order valence-corrected chi connectivity index (χ3v) is 5.88. The first-order valence-corrected chi connectivity index (χ1v) is 8.19. The van der Waals surface area contributed by atoms with Crippen molar-refractivity contribution in [3.05, 3.63) is 29.1 Å². The average Bonchev–Trinajstić information content (AvgIpc) is 3.09. The molecule has 0 heterocycles. The highest BCUT2D eigenvalue weighted by atomic mass is 35.5. The van der Waals surface area contributed by atoms with Crippen molar-refractivity contribution in [2.24, 2.45) is 11.7 Å². The lowest BCUT2D eigenvalue weighted by molar-refractivity contribution is 0.374. The number of benzene rings is 1. The molecule has 0 saturated heterocycles. The lowest BCUT2D eigenvalue weighted by Gasteiger charge is -2.29. The summed E-state index contributed by atoms with van der Waals surface area (Å²) in [5.41, 5.74) is 5.93. The van der Waals surface area contributed by atoms with Crippen LogP contribution < -0.4 is 10.5 Å². The van der Waals surface area contributed by atoms with E-state index in [1.165, 1.54) is 12.1 Å². The highest BCUT2D eigenvalue weighted by molar-refractivity contribution is 7.89. The van der Waals surface area contributed by atoms with E-state index in [-0.39, 0.29) is 29.8 Å². The maximum Gasteiger partial charge on any atom is 0.241 e. The number of rotatable bonds is 5. The second kappa shape index (κ2) is 6.20. The summed E-state index contributed by atoms with van der Waals surface area (Å²) in [7, 11) is -3.71. The lowest BCUT2D eigenvalue weighted by atomic mass is 9.98. The van der Waals surface area contributed by atoms with Crippen LogP contribution in [0.4, 0.5) is 4.39 Å². The Morgan fingerprint density at radius 3 is 2.19 bits per heavy atom. The minimum Gasteiger partial charge on any atom is -0.329 e. The van der Waals surface area contributed by atoms with Gasteiger partial charge in [0.25, 0.3) is 0 Å². The molecule has 7 heteroatoms. The summed E-state index contributed by atoms with van der Waals surface area (Å²) in [6, 6.07) is 2.47. The van der Waals surface area contributed by atoms with Gasteiger partial charge in [-0.25, -0.2) is 17.5 Å². The molecule has 1 aliphatic carbocycles. The first-order chi connectivity index (χ1) is 9.19. The number of hydrogen-bond acceptors (Lipinski definition) is 3. The van der Waals surface area contributed by atoms with Gasteiger partial charge < -0.3 is 5.73 Å². The predicted molar refractivity (Wildman–Crippen MR) is 83.6 cm³/mol. The second-order valence-corrected chi connectivity index (χ2v) is 7.49. The summed E-state index contributed by atoms with van der Waals surface area (Å²) in [6.07, 6.45) is 1.97. The summed E-state index contributed by atoms with van der Waals surface area (Å²) >= 11 is 0. The summed E-state index contributed by atoms with van der Waals surface area (Å²) in [5.74, 6) is -0.147. The van der Waals surface area contributed by atoms with Crippen molar-refractivity contribution in [1.82, 2.24) is 4.72 Å². The Bertz CT molecular complexity index is 609. The number of nitrogens with one attached hydrogen (secondary N) is 1. The molecule has 21 heavy (non-hydrogen) atoms. The van der Waals surface area contributed by atoms with Crippen LogP contribution in [0.2, 0.25) is 0 Å². The molecule has 2 rings (SSSR count). The van der Waals surface area contributed by atoms with E-state index >= 15 is 0 Å². The van der Waals surface area contributed by atoms with Gasteiger partial charge in [-0.2, -0.15) is 0 Å². The van der Waals surface area contributed by atoms with Crippen LogP contribution in [0.25, 0.3) is 0 Å². The van der Waals surface area contributed by atoms with E-state index in [0.29, 0.717) is 11.1 Å². The third kappa shape index (κ3) is 3.74. The van der Waals surface area contributed by atoms with Gasteiger partial charge in [0.05, 0.1) is 4.90 Å². The fourth-order valence-corrected chi connectivity index (χ4v) is 4.62. The highest BCUT2D eigenvalue weighted by Crippen LogP contribution is 2.40. The van der Waals surface area contributed by atoms with Crippen LogP contribution in [0, 0.1) is 25.6 Å². The van der Waals surface area contributed by atoms with Crippen LogP contribution in [-0.2, 0) is 10.0 Å². The first-order valence-electron chi connectivity index (χ1n) is 6.70. The monoisotopic (exact) mass is 336 g/mol. The van der Waals surface area contributed by atoms with Crippen LogP contribution in [-0.4, -0.2) is 20.5 Å². The fraction of sp³-hybridized carbons (Fsp3) is 0.571. The van der Waals surface area contributed by atoms with Crippen molar-refractivity contribution in [3.63, 3.8) is 0 Å². The van der Waals surface area contributed by atoms with Crippen LogP contribution in [0.15, 0.2) is 17.0 Å². The summed E-state index contributed by atoms with van der Waals surface area (Å²) in [5, 5.41) is 0. The van der Waals surface area contributed by atoms with Crippen molar-refractivity contribution in [3.8, 4) is 0 Å². The van der Waals surface area contributed by atoms with E-state index in [4.69, 9.17) is 5.73 Å². The van der Waals surface area contributed by atoms with Crippen molar-refractivity contribution in [1.29, 1.82) is 0 Å². The summed E-state index contributed by atoms with van der Waals surface area (Å²) in [4.78, 5) is 0.152. The molecule has 1 fully saturated rings. The molecule has 0 radical (unpaired) electrons. The van der Waals surface area contributed by atoms with E-state index < -0.39 is 21.4 Å². The van der Waals surface area contributed by atoms with Gasteiger partial charge in [0.2, 0.25) is 10.0 Å². The quantitative estimate of drug-likeness (QED) is 0.866. The van der Waals surface area contributed by atoms with Gasteiger partial charge in [-0.1, -0.05) is 0 Å². The molecule has 0 aromatic heterocycles. The molecule has 1 aromatic carbocycles. The molecule has 0 spiro atoms. The van der Waals surface area contributed by atoms with E-state index in [0.717, 1.165) is 12.8 Å². The van der Waals surface area contributed by atoms with Crippen LogP contribution >= 0.6 is 12.4 Å². The summed E-state index contributed by atoms with van der Waals surface area (Å²) in [6.45, 7) is 5.27. The molecule has 1 atom stereocenters. The number of hydrogen-bond donors (Lipinski definition) is 2. The summed E-state index contributed by atoms with van der Waals surface area (Å²) < 4.78 is 41.2. The minimum atomic E-state index is -3.71. The smallest absolute Gasteiger partial charge is 0.241 e. The van der Waals surface area contributed by atoms with E-state index in [2.05, 4.69) is 4.72 Å². The topological polar surface area (TPSA) is 72.2 Å². The SMILES string of the molecule is Cc1cc(F)cc(C)c1S(=O)(=O)NC(C)(CN)C1CC1.Cl. The maximum absolute atomic E-state index is 13.3. The highest BCUT2D eigenvalue weighted by Gasteiger charge is 2.43. The Balaban J connectivity index is 0.00000220. The van der Waals surface area contributed by atoms with Crippen molar-refractivity contribution in [2.75, 3.05) is 6.54 Å². The second-order valence-electron chi connectivity index (χ2n) is 5.87. The van der Waals surface area contributed by atoms with Gasteiger partial charge in [-0.15, -0.1) is 12.4 Å². The number of sulfonamides is 1. The van der Waals surface area contributed by atoms with Gasteiger partial charge in [0, 0.05) is 12.1 Å². The molecule has 1 saturated carbocycles. The molecule has 3 N–H and O–H groups in total. The Labute approximate surface area is 131 Å². The van der Waals surface area contributed by atoms with Gasteiger partial charge in [0.1, 0.15) is 5.82 Å². The zero-order valence-corrected chi connectivity index (χ0v) is 14.1. The van der Waals surface area contributed by atoms with Crippen LogP contribution in [0.5, 0.6) is 0 Å². The van der Waals surface area contributed by atoms with E-state index in [1.54, 1.807) is 13.8 Å².